The molecule has 2 fully saturated rings. The Morgan fingerprint density at radius 1 is 0.846 bits per heavy atom. The molecule has 0 aromatic heterocycles. The maximum atomic E-state index is 12.5. The van der Waals surface area contributed by atoms with Gasteiger partial charge in [-0.15, -0.1) is 0 Å². The molecule has 2 saturated carbocycles. The van der Waals surface area contributed by atoms with E-state index in [4.69, 9.17) is 4.74 Å². The third-order valence-electron chi connectivity index (χ3n) is 5.78. The van der Waals surface area contributed by atoms with E-state index >= 15 is 0 Å². The maximum Gasteiger partial charge on any atom is 0.227 e. The normalized spacial score (nSPS) is 23.9. The van der Waals surface area contributed by atoms with Crippen molar-refractivity contribution in [1.82, 2.24) is 5.32 Å². The first-order valence-electron chi connectivity index (χ1n) is 9.91. The third-order valence-corrected chi connectivity index (χ3v) is 5.78. The molecule has 0 heterocycles. The topological polar surface area (TPSA) is 67.4 Å². The standard InChI is InChI=1S/C21H30N2O3/c1-26-19-13-11-18(12-14-19)23-21(25)16-9-7-15(8-10-16)20(24)22-17-5-3-2-4-6-17/h11-17H,2-10H2,1H3,(H,22,24)(H,23,25). The third kappa shape index (κ3) is 4.99. The molecule has 26 heavy (non-hydrogen) atoms. The Morgan fingerprint density at radius 3 is 2.00 bits per heavy atom. The van der Waals surface area contributed by atoms with Gasteiger partial charge in [0.05, 0.1) is 7.11 Å². The summed E-state index contributed by atoms with van der Waals surface area (Å²) in [5.74, 6) is 1.09. The highest BCUT2D eigenvalue weighted by Gasteiger charge is 2.31. The zero-order valence-electron chi connectivity index (χ0n) is 15.6. The molecule has 0 aliphatic heterocycles. The van der Waals surface area contributed by atoms with Gasteiger partial charge in [-0.1, -0.05) is 19.3 Å². The smallest absolute Gasteiger partial charge is 0.227 e. The number of rotatable bonds is 5. The molecular weight excluding hydrogens is 328 g/mol. The van der Waals surface area contributed by atoms with Crippen LogP contribution in [0.2, 0.25) is 0 Å². The summed E-state index contributed by atoms with van der Waals surface area (Å²) in [6.45, 7) is 0. The average Bonchev–Trinajstić information content (AvgIpc) is 2.69. The van der Waals surface area contributed by atoms with Crippen LogP contribution in [0.4, 0.5) is 5.69 Å². The minimum Gasteiger partial charge on any atom is -0.497 e. The lowest BCUT2D eigenvalue weighted by Crippen LogP contribution is -2.41. The molecular formula is C21H30N2O3. The number of hydrogen-bond acceptors (Lipinski definition) is 3. The number of anilines is 1. The SMILES string of the molecule is COc1ccc(NC(=O)C2CCC(C(=O)NC3CCCCC3)CC2)cc1. The fourth-order valence-electron chi connectivity index (χ4n) is 4.10. The largest absolute Gasteiger partial charge is 0.497 e. The lowest BCUT2D eigenvalue weighted by Gasteiger charge is -2.29. The summed E-state index contributed by atoms with van der Waals surface area (Å²) in [6, 6.07) is 7.73. The van der Waals surface area contributed by atoms with Gasteiger partial charge in [-0.05, 0) is 62.8 Å². The fourth-order valence-corrected chi connectivity index (χ4v) is 4.10. The van der Waals surface area contributed by atoms with Gasteiger partial charge in [0.15, 0.2) is 0 Å². The van der Waals surface area contributed by atoms with E-state index < -0.39 is 0 Å². The fraction of sp³-hybridized carbons (Fsp3) is 0.619. The number of methoxy groups -OCH3 is 1. The second kappa shape index (κ2) is 9.06. The van der Waals surface area contributed by atoms with Crippen molar-refractivity contribution in [3.05, 3.63) is 24.3 Å². The molecule has 3 rings (SSSR count). The number of carbonyl (C=O) groups is 2. The van der Waals surface area contributed by atoms with Gasteiger partial charge in [0.2, 0.25) is 11.8 Å². The lowest BCUT2D eigenvalue weighted by atomic mass is 9.80. The van der Waals surface area contributed by atoms with Crippen LogP contribution in [0.1, 0.15) is 57.8 Å². The van der Waals surface area contributed by atoms with Crippen molar-refractivity contribution in [1.29, 1.82) is 0 Å². The summed E-state index contributed by atoms with van der Waals surface area (Å²) in [7, 11) is 1.62. The van der Waals surface area contributed by atoms with Crippen molar-refractivity contribution in [3.8, 4) is 5.75 Å². The van der Waals surface area contributed by atoms with Crippen LogP contribution in [0.3, 0.4) is 0 Å². The van der Waals surface area contributed by atoms with Crippen molar-refractivity contribution >= 4 is 17.5 Å². The van der Waals surface area contributed by atoms with E-state index in [9.17, 15) is 9.59 Å². The molecule has 2 aliphatic rings. The van der Waals surface area contributed by atoms with Crippen LogP contribution >= 0.6 is 0 Å². The minimum absolute atomic E-state index is 0.00386. The van der Waals surface area contributed by atoms with Gasteiger partial charge in [0, 0.05) is 23.6 Å². The first kappa shape index (κ1) is 18.7. The summed E-state index contributed by atoms with van der Waals surface area (Å²) in [5.41, 5.74) is 0.785. The highest BCUT2D eigenvalue weighted by atomic mass is 16.5. The van der Waals surface area contributed by atoms with E-state index in [0.29, 0.717) is 6.04 Å². The van der Waals surface area contributed by atoms with E-state index in [0.717, 1.165) is 50.0 Å². The summed E-state index contributed by atoms with van der Waals surface area (Å²) >= 11 is 0. The highest BCUT2D eigenvalue weighted by Crippen LogP contribution is 2.30. The molecule has 0 unspecified atom stereocenters. The number of benzene rings is 1. The number of amides is 2. The summed E-state index contributed by atoms with van der Waals surface area (Å²) in [6.07, 6.45) is 9.15. The quantitative estimate of drug-likeness (QED) is 0.839. The van der Waals surface area contributed by atoms with Gasteiger partial charge in [-0.3, -0.25) is 9.59 Å². The molecule has 5 heteroatoms. The average molecular weight is 358 g/mol. The van der Waals surface area contributed by atoms with E-state index in [2.05, 4.69) is 10.6 Å². The molecule has 5 nitrogen and oxygen atoms in total. The van der Waals surface area contributed by atoms with Gasteiger partial charge in [-0.25, -0.2) is 0 Å². The Balaban J connectivity index is 1.43. The van der Waals surface area contributed by atoms with Crippen molar-refractivity contribution in [3.63, 3.8) is 0 Å². The lowest BCUT2D eigenvalue weighted by molar-refractivity contribution is -0.129. The summed E-state index contributed by atoms with van der Waals surface area (Å²) in [5, 5.41) is 6.21. The monoisotopic (exact) mass is 358 g/mol. The Morgan fingerprint density at radius 2 is 1.42 bits per heavy atom. The van der Waals surface area contributed by atoms with Crippen molar-refractivity contribution in [2.24, 2.45) is 11.8 Å². The van der Waals surface area contributed by atoms with Crippen LogP contribution in [-0.2, 0) is 9.59 Å². The molecule has 1 aromatic rings. The van der Waals surface area contributed by atoms with Crippen LogP contribution in [-0.4, -0.2) is 25.0 Å². The predicted molar refractivity (Wildman–Crippen MR) is 102 cm³/mol. The molecule has 2 amide bonds. The molecule has 0 spiro atoms. The van der Waals surface area contributed by atoms with Crippen LogP contribution in [0.15, 0.2) is 24.3 Å². The molecule has 2 aliphatic carbocycles. The molecule has 142 valence electrons. The molecule has 1 aromatic carbocycles. The van der Waals surface area contributed by atoms with Gasteiger partial charge >= 0.3 is 0 Å². The van der Waals surface area contributed by atoms with E-state index in [1.54, 1.807) is 7.11 Å². The van der Waals surface area contributed by atoms with Crippen molar-refractivity contribution in [2.75, 3.05) is 12.4 Å². The first-order chi connectivity index (χ1) is 12.7. The van der Waals surface area contributed by atoms with Gasteiger partial charge in [-0.2, -0.15) is 0 Å². The molecule has 0 atom stereocenters. The zero-order valence-corrected chi connectivity index (χ0v) is 15.6. The molecule has 2 N–H and O–H groups in total. The van der Waals surface area contributed by atoms with Gasteiger partial charge in [0.1, 0.15) is 5.75 Å². The summed E-state index contributed by atoms with van der Waals surface area (Å²) < 4.78 is 5.13. The number of ether oxygens (including phenoxy) is 1. The Hall–Kier alpha value is -2.04. The Kier molecular flexibility index (Phi) is 6.53. The number of nitrogens with one attached hydrogen (secondary N) is 2. The van der Waals surface area contributed by atoms with Crippen LogP contribution in [0, 0.1) is 11.8 Å². The zero-order chi connectivity index (χ0) is 18.4. The second-order valence-electron chi connectivity index (χ2n) is 7.61. The van der Waals surface area contributed by atoms with E-state index in [1.807, 2.05) is 24.3 Å². The first-order valence-corrected chi connectivity index (χ1v) is 9.91. The van der Waals surface area contributed by atoms with Crippen molar-refractivity contribution in [2.45, 2.75) is 63.8 Å². The van der Waals surface area contributed by atoms with Gasteiger partial charge < -0.3 is 15.4 Å². The molecule has 0 bridgehead atoms. The van der Waals surface area contributed by atoms with Crippen LogP contribution in [0.5, 0.6) is 5.75 Å². The maximum absolute atomic E-state index is 12.5. The second-order valence-corrected chi connectivity index (χ2v) is 7.61. The number of hydrogen-bond donors (Lipinski definition) is 2. The van der Waals surface area contributed by atoms with Crippen LogP contribution < -0.4 is 15.4 Å². The van der Waals surface area contributed by atoms with E-state index in [1.165, 1.54) is 19.3 Å². The van der Waals surface area contributed by atoms with Crippen LogP contribution in [0.25, 0.3) is 0 Å². The Labute approximate surface area is 155 Å². The number of carbonyl (C=O) groups excluding carboxylic acids is 2. The Bertz CT molecular complexity index is 600. The molecule has 0 saturated heterocycles. The van der Waals surface area contributed by atoms with Crippen molar-refractivity contribution < 1.29 is 14.3 Å². The highest BCUT2D eigenvalue weighted by molar-refractivity contribution is 5.92. The van der Waals surface area contributed by atoms with Gasteiger partial charge in [0.25, 0.3) is 0 Å². The minimum atomic E-state index is -0.00386. The predicted octanol–water partition coefficient (Wildman–Crippen LogP) is 3.89. The molecule has 0 radical (unpaired) electrons. The summed E-state index contributed by atoms with van der Waals surface area (Å²) in [4.78, 5) is 24.9. The van der Waals surface area contributed by atoms with E-state index in [-0.39, 0.29) is 23.7 Å².